The fraction of sp³-hybridized carbons (Fsp3) is 0.812. The van der Waals surface area contributed by atoms with Crippen molar-refractivity contribution >= 4 is 9.84 Å². The van der Waals surface area contributed by atoms with Gasteiger partial charge in [0, 0.05) is 32.4 Å². The molecular formula is C16H28N4O2S. The Kier molecular flexibility index (Phi) is 5.38. The number of rotatable bonds is 5. The SMILES string of the molecule is Cn1cc(CCCN2CCC(N3CCS(=O)(=O)CC3)CC2)cn1. The Labute approximate surface area is 139 Å². The van der Waals surface area contributed by atoms with Crippen LogP contribution in [0.1, 0.15) is 24.8 Å². The van der Waals surface area contributed by atoms with E-state index in [0.29, 0.717) is 17.5 Å². The molecule has 0 amide bonds. The summed E-state index contributed by atoms with van der Waals surface area (Å²) in [6, 6.07) is 0.583. The quantitative estimate of drug-likeness (QED) is 0.783. The van der Waals surface area contributed by atoms with Crippen molar-refractivity contribution in [2.75, 3.05) is 44.2 Å². The van der Waals surface area contributed by atoms with E-state index >= 15 is 0 Å². The minimum absolute atomic E-state index is 0.346. The number of nitrogens with zero attached hydrogens (tertiary/aromatic N) is 4. The van der Waals surface area contributed by atoms with Crippen LogP contribution in [0.5, 0.6) is 0 Å². The Morgan fingerprint density at radius 2 is 1.87 bits per heavy atom. The van der Waals surface area contributed by atoms with Crippen molar-refractivity contribution in [2.24, 2.45) is 7.05 Å². The molecular weight excluding hydrogens is 312 g/mol. The zero-order valence-corrected chi connectivity index (χ0v) is 14.8. The van der Waals surface area contributed by atoms with Crippen LogP contribution in [-0.2, 0) is 23.3 Å². The molecule has 3 rings (SSSR count). The molecule has 6 nitrogen and oxygen atoms in total. The summed E-state index contributed by atoms with van der Waals surface area (Å²) in [7, 11) is -0.802. The van der Waals surface area contributed by atoms with Gasteiger partial charge in [-0.1, -0.05) is 0 Å². The molecule has 0 unspecified atom stereocenters. The number of piperidine rings is 1. The topological polar surface area (TPSA) is 58.4 Å². The molecule has 2 fully saturated rings. The third-order valence-corrected chi connectivity index (χ3v) is 6.76. The van der Waals surface area contributed by atoms with Crippen molar-refractivity contribution in [1.82, 2.24) is 19.6 Å². The van der Waals surface area contributed by atoms with E-state index in [4.69, 9.17) is 0 Å². The van der Waals surface area contributed by atoms with Crippen LogP contribution in [0.15, 0.2) is 12.4 Å². The Balaban J connectivity index is 1.35. The maximum atomic E-state index is 11.5. The summed E-state index contributed by atoms with van der Waals surface area (Å²) in [4.78, 5) is 4.95. The zero-order valence-electron chi connectivity index (χ0n) is 14.0. The monoisotopic (exact) mass is 340 g/mol. The summed E-state index contributed by atoms with van der Waals surface area (Å²) in [5, 5.41) is 4.21. The predicted octanol–water partition coefficient (Wildman–Crippen LogP) is 0.548. The van der Waals surface area contributed by atoms with Gasteiger partial charge in [0.1, 0.15) is 0 Å². The number of aryl methyl sites for hydroxylation is 2. The maximum Gasteiger partial charge on any atom is 0.152 e. The molecule has 2 saturated heterocycles. The smallest absolute Gasteiger partial charge is 0.152 e. The Morgan fingerprint density at radius 3 is 2.48 bits per heavy atom. The number of sulfone groups is 1. The van der Waals surface area contributed by atoms with Crippen molar-refractivity contribution in [3.63, 3.8) is 0 Å². The fourth-order valence-corrected chi connectivity index (χ4v) is 4.94. The molecule has 23 heavy (non-hydrogen) atoms. The highest BCUT2D eigenvalue weighted by atomic mass is 32.2. The van der Waals surface area contributed by atoms with Gasteiger partial charge in [0.2, 0.25) is 0 Å². The number of hydrogen-bond acceptors (Lipinski definition) is 5. The highest BCUT2D eigenvalue weighted by molar-refractivity contribution is 7.91. The first-order valence-electron chi connectivity index (χ1n) is 8.66. The first kappa shape index (κ1) is 16.9. The molecule has 2 aliphatic heterocycles. The average Bonchev–Trinajstić information content (AvgIpc) is 2.94. The highest BCUT2D eigenvalue weighted by Crippen LogP contribution is 2.19. The summed E-state index contributed by atoms with van der Waals surface area (Å²) in [6.45, 7) is 4.89. The second-order valence-corrected chi connectivity index (χ2v) is 9.19. The van der Waals surface area contributed by atoms with Gasteiger partial charge >= 0.3 is 0 Å². The summed E-state index contributed by atoms with van der Waals surface area (Å²) < 4.78 is 24.9. The molecule has 7 heteroatoms. The molecule has 0 radical (unpaired) electrons. The summed E-state index contributed by atoms with van der Waals surface area (Å²) in [5.41, 5.74) is 1.32. The van der Waals surface area contributed by atoms with Gasteiger partial charge < -0.3 is 4.90 Å². The van der Waals surface area contributed by atoms with E-state index < -0.39 is 9.84 Å². The summed E-state index contributed by atoms with van der Waals surface area (Å²) in [5.74, 6) is 0.691. The molecule has 0 saturated carbocycles. The van der Waals surface area contributed by atoms with Crippen LogP contribution < -0.4 is 0 Å². The van der Waals surface area contributed by atoms with Crippen LogP contribution in [0.4, 0.5) is 0 Å². The lowest BCUT2D eigenvalue weighted by molar-refractivity contribution is 0.114. The van der Waals surface area contributed by atoms with Crippen molar-refractivity contribution in [1.29, 1.82) is 0 Å². The Morgan fingerprint density at radius 1 is 1.17 bits per heavy atom. The zero-order chi connectivity index (χ0) is 16.3. The van der Waals surface area contributed by atoms with Crippen molar-refractivity contribution < 1.29 is 8.42 Å². The molecule has 3 heterocycles. The molecule has 2 aliphatic rings. The lowest BCUT2D eigenvalue weighted by atomic mass is 10.0. The van der Waals surface area contributed by atoms with Gasteiger partial charge in [-0.3, -0.25) is 9.58 Å². The van der Waals surface area contributed by atoms with E-state index in [1.807, 2.05) is 17.9 Å². The molecule has 1 aromatic heterocycles. The van der Waals surface area contributed by atoms with Crippen LogP contribution >= 0.6 is 0 Å². The van der Waals surface area contributed by atoms with E-state index in [1.165, 1.54) is 24.8 Å². The summed E-state index contributed by atoms with van der Waals surface area (Å²) >= 11 is 0. The second kappa shape index (κ2) is 7.32. The summed E-state index contributed by atoms with van der Waals surface area (Å²) in [6.07, 6.45) is 8.67. The van der Waals surface area contributed by atoms with Crippen molar-refractivity contribution in [3.05, 3.63) is 18.0 Å². The molecule has 130 valence electrons. The van der Waals surface area contributed by atoms with E-state index in [0.717, 1.165) is 39.1 Å². The third-order valence-electron chi connectivity index (χ3n) is 5.15. The average molecular weight is 340 g/mol. The first-order valence-corrected chi connectivity index (χ1v) is 10.5. The van der Waals surface area contributed by atoms with E-state index in [1.54, 1.807) is 0 Å². The molecule has 0 spiro atoms. The molecule has 0 N–H and O–H groups in total. The van der Waals surface area contributed by atoms with Crippen molar-refractivity contribution in [3.8, 4) is 0 Å². The van der Waals surface area contributed by atoms with Gasteiger partial charge in [0.05, 0.1) is 17.7 Å². The largest absolute Gasteiger partial charge is 0.303 e. The molecule has 0 bridgehead atoms. The van der Waals surface area contributed by atoms with Crippen LogP contribution in [0.2, 0.25) is 0 Å². The van der Waals surface area contributed by atoms with Gasteiger partial charge in [-0.15, -0.1) is 0 Å². The van der Waals surface area contributed by atoms with E-state index in [-0.39, 0.29) is 0 Å². The lowest BCUT2D eigenvalue weighted by Gasteiger charge is -2.40. The van der Waals surface area contributed by atoms with Gasteiger partial charge in [0.15, 0.2) is 9.84 Å². The minimum atomic E-state index is -2.76. The normalized spacial score (nSPS) is 24.0. The van der Waals surface area contributed by atoms with Gasteiger partial charge in [-0.05, 0) is 50.9 Å². The van der Waals surface area contributed by atoms with Gasteiger partial charge in [-0.2, -0.15) is 5.10 Å². The van der Waals surface area contributed by atoms with Crippen LogP contribution in [0.3, 0.4) is 0 Å². The van der Waals surface area contributed by atoms with E-state index in [9.17, 15) is 8.42 Å². The third kappa shape index (κ3) is 4.78. The van der Waals surface area contributed by atoms with Crippen LogP contribution in [-0.4, -0.2) is 78.3 Å². The Hall–Kier alpha value is -0.920. The number of likely N-dealkylation sites (tertiary alicyclic amines) is 1. The lowest BCUT2D eigenvalue weighted by Crippen LogP contribution is -2.50. The van der Waals surface area contributed by atoms with Gasteiger partial charge in [0.25, 0.3) is 0 Å². The molecule has 0 atom stereocenters. The van der Waals surface area contributed by atoms with Crippen LogP contribution in [0, 0.1) is 0 Å². The molecule has 1 aromatic rings. The molecule has 0 aromatic carbocycles. The molecule has 0 aliphatic carbocycles. The standard InChI is InChI=1S/C16H28N4O2S/c1-18-14-15(13-17-18)3-2-6-19-7-4-16(5-8-19)20-9-11-23(21,22)12-10-20/h13-14,16H,2-12H2,1H3. The number of aromatic nitrogens is 2. The first-order chi connectivity index (χ1) is 11.0. The van der Waals surface area contributed by atoms with Crippen LogP contribution in [0.25, 0.3) is 0 Å². The van der Waals surface area contributed by atoms with Crippen molar-refractivity contribution in [2.45, 2.75) is 31.7 Å². The Bertz CT molecular complexity index is 591. The van der Waals surface area contributed by atoms with Gasteiger partial charge in [-0.25, -0.2) is 8.42 Å². The minimum Gasteiger partial charge on any atom is -0.303 e. The fourth-order valence-electron chi connectivity index (χ4n) is 3.71. The highest BCUT2D eigenvalue weighted by Gasteiger charge is 2.29. The predicted molar refractivity (Wildman–Crippen MR) is 91.2 cm³/mol. The number of hydrogen-bond donors (Lipinski definition) is 0. The second-order valence-electron chi connectivity index (χ2n) is 6.89. The maximum absolute atomic E-state index is 11.5. The van der Waals surface area contributed by atoms with E-state index in [2.05, 4.69) is 21.1 Å².